The minimum atomic E-state index is -0.225. The molecule has 6 rings (SSSR count). The van der Waals surface area contributed by atoms with E-state index in [0.717, 1.165) is 43.4 Å². The molecule has 4 aliphatic carbocycles. The molecule has 0 aliphatic heterocycles. The summed E-state index contributed by atoms with van der Waals surface area (Å²) in [6, 6.07) is 18.4. The Morgan fingerprint density at radius 3 is 2.36 bits per heavy atom. The highest BCUT2D eigenvalue weighted by Gasteiger charge is 2.62. The van der Waals surface area contributed by atoms with Crippen LogP contribution in [0.3, 0.4) is 0 Å². The van der Waals surface area contributed by atoms with Gasteiger partial charge in [-0.3, -0.25) is 4.79 Å². The number of carbonyl (C=O) groups is 1. The Kier molecular flexibility index (Phi) is 5.80. The van der Waals surface area contributed by atoms with Crippen LogP contribution in [0.25, 0.3) is 0 Å². The van der Waals surface area contributed by atoms with Crippen LogP contribution in [0.5, 0.6) is 5.75 Å². The van der Waals surface area contributed by atoms with E-state index in [1.165, 1.54) is 24.8 Å². The van der Waals surface area contributed by atoms with Crippen LogP contribution >= 0.6 is 0 Å². The number of aryl methyl sites for hydroxylation is 1. The van der Waals surface area contributed by atoms with Gasteiger partial charge in [0.1, 0.15) is 5.75 Å². The van der Waals surface area contributed by atoms with Gasteiger partial charge in [-0.1, -0.05) is 44.2 Å². The number of hydrogen-bond donors (Lipinski definition) is 1. The number of hydrogen-bond acceptors (Lipinski definition) is 3. The lowest BCUT2D eigenvalue weighted by Crippen LogP contribution is -2.59. The molecule has 0 heterocycles. The largest absolute Gasteiger partial charge is 0.494 e. The van der Waals surface area contributed by atoms with E-state index in [1.807, 2.05) is 30.3 Å². The number of amides is 1. The van der Waals surface area contributed by atoms with Gasteiger partial charge in [0.15, 0.2) is 0 Å². The number of hydrazone groups is 1. The van der Waals surface area contributed by atoms with E-state index < -0.39 is 0 Å². The zero-order chi connectivity index (χ0) is 22.9. The highest BCUT2D eigenvalue weighted by molar-refractivity contribution is 5.86. The first kappa shape index (κ1) is 22.2. The van der Waals surface area contributed by atoms with Gasteiger partial charge in [-0.25, -0.2) is 5.43 Å². The Morgan fingerprint density at radius 2 is 1.70 bits per heavy atom. The van der Waals surface area contributed by atoms with Crippen LogP contribution < -0.4 is 10.2 Å². The van der Waals surface area contributed by atoms with E-state index in [2.05, 4.69) is 48.6 Å². The second-order valence-electron chi connectivity index (χ2n) is 11.6. The van der Waals surface area contributed by atoms with E-state index in [9.17, 15) is 4.79 Å². The van der Waals surface area contributed by atoms with Crippen LogP contribution in [0.1, 0.15) is 69.9 Å². The van der Waals surface area contributed by atoms with Crippen molar-refractivity contribution in [1.29, 1.82) is 0 Å². The van der Waals surface area contributed by atoms with Gasteiger partial charge in [0, 0.05) is 0 Å². The van der Waals surface area contributed by atoms with Gasteiger partial charge in [0.2, 0.25) is 5.91 Å². The molecule has 2 aromatic rings. The molecule has 4 aliphatic rings. The molecule has 0 radical (unpaired) electrons. The second kappa shape index (κ2) is 8.62. The van der Waals surface area contributed by atoms with Gasteiger partial charge in [0.05, 0.1) is 18.2 Å². The summed E-state index contributed by atoms with van der Waals surface area (Å²) in [7, 11) is 0. The molecule has 4 saturated carbocycles. The number of carbonyl (C=O) groups excluding carboxylic acids is 1. The second-order valence-corrected chi connectivity index (χ2v) is 11.6. The van der Waals surface area contributed by atoms with Gasteiger partial charge in [-0.05, 0) is 104 Å². The highest BCUT2D eigenvalue weighted by Crippen LogP contribution is 2.69. The summed E-state index contributed by atoms with van der Waals surface area (Å²) in [6.45, 7) is 5.48. The van der Waals surface area contributed by atoms with E-state index >= 15 is 0 Å². The molecular weight excluding hydrogens is 408 g/mol. The lowest BCUT2D eigenvalue weighted by molar-refractivity contribution is -0.170. The normalized spacial score (nSPS) is 32.2. The molecule has 4 nitrogen and oxygen atoms in total. The smallest absolute Gasteiger partial charge is 0.246 e. The molecule has 33 heavy (non-hydrogen) atoms. The van der Waals surface area contributed by atoms with Gasteiger partial charge in [0.25, 0.3) is 0 Å². The molecule has 1 N–H and O–H groups in total. The molecule has 4 heteroatoms. The van der Waals surface area contributed by atoms with Gasteiger partial charge in [-0.15, -0.1) is 0 Å². The van der Waals surface area contributed by atoms with Crippen LogP contribution in [-0.2, 0) is 11.2 Å². The third kappa shape index (κ3) is 4.85. The highest BCUT2D eigenvalue weighted by atomic mass is 16.5. The molecule has 2 unspecified atom stereocenters. The molecule has 174 valence electrons. The van der Waals surface area contributed by atoms with Gasteiger partial charge >= 0.3 is 0 Å². The molecule has 0 aromatic heterocycles. The Hall–Kier alpha value is -2.62. The third-order valence-corrected chi connectivity index (χ3v) is 8.09. The maximum absolute atomic E-state index is 13.2. The zero-order valence-electron chi connectivity index (χ0n) is 20.0. The number of nitrogens with zero attached hydrogens (tertiary/aromatic N) is 1. The van der Waals surface area contributed by atoms with E-state index in [1.54, 1.807) is 6.21 Å². The van der Waals surface area contributed by atoms with Crippen molar-refractivity contribution in [2.24, 2.45) is 27.3 Å². The molecule has 4 bridgehead atoms. The van der Waals surface area contributed by atoms with Crippen LogP contribution in [0.15, 0.2) is 59.7 Å². The fraction of sp³-hybridized carbons (Fsp3) is 0.517. The molecule has 2 aromatic carbocycles. The van der Waals surface area contributed by atoms with Gasteiger partial charge in [-0.2, -0.15) is 5.10 Å². The molecular formula is C29H36N2O2. The minimum Gasteiger partial charge on any atom is -0.494 e. The minimum absolute atomic E-state index is 0.124. The average molecular weight is 445 g/mol. The van der Waals surface area contributed by atoms with Crippen molar-refractivity contribution >= 4 is 12.1 Å². The standard InChI is InChI=1S/C29H36N2O2/c1-27-15-24-16-28(2,19-27)21-29(17-24,20-27)26(32)31-30-18-23-10-12-25(13-11-23)33-14-6-9-22-7-4-3-5-8-22/h3-5,7-8,10-13,18,24H,6,9,14-17,19-21H2,1-2H3,(H,31,32)/b30-18+. The van der Waals surface area contributed by atoms with Crippen molar-refractivity contribution in [1.82, 2.24) is 5.43 Å². The number of rotatable bonds is 8. The van der Waals surface area contributed by atoms with Crippen LogP contribution in [0.4, 0.5) is 0 Å². The monoisotopic (exact) mass is 444 g/mol. The lowest BCUT2D eigenvalue weighted by Gasteiger charge is -2.64. The first-order valence-corrected chi connectivity index (χ1v) is 12.5. The third-order valence-electron chi connectivity index (χ3n) is 8.09. The predicted octanol–water partition coefficient (Wildman–Crippen LogP) is 6.14. The molecule has 2 atom stereocenters. The number of benzene rings is 2. The quantitative estimate of drug-likeness (QED) is 0.302. The van der Waals surface area contributed by atoms with Gasteiger partial charge < -0.3 is 4.74 Å². The first-order chi connectivity index (χ1) is 15.9. The summed E-state index contributed by atoms with van der Waals surface area (Å²) in [6.07, 6.45) is 10.7. The Bertz CT molecular complexity index is 996. The molecule has 1 amide bonds. The summed E-state index contributed by atoms with van der Waals surface area (Å²) in [5.41, 5.74) is 5.61. The number of ether oxygens (including phenoxy) is 1. The van der Waals surface area contributed by atoms with Crippen molar-refractivity contribution in [2.45, 2.75) is 65.2 Å². The molecule has 0 saturated heterocycles. The van der Waals surface area contributed by atoms with Crippen molar-refractivity contribution in [3.05, 3.63) is 65.7 Å². The van der Waals surface area contributed by atoms with Crippen LogP contribution in [0, 0.1) is 22.2 Å². The fourth-order valence-electron chi connectivity index (χ4n) is 7.75. The van der Waals surface area contributed by atoms with E-state index in [0.29, 0.717) is 23.4 Å². The van der Waals surface area contributed by atoms with Crippen LogP contribution in [0.2, 0.25) is 0 Å². The summed E-state index contributed by atoms with van der Waals surface area (Å²) in [5.74, 6) is 1.68. The summed E-state index contributed by atoms with van der Waals surface area (Å²) < 4.78 is 5.87. The van der Waals surface area contributed by atoms with Crippen molar-refractivity contribution in [2.75, 3.05) is 6.61 Å². The fourth-order valence-corrected chi connectivity index (χ4v) is 7.75. The van der Waals surface area contributed by atoms with E-state index in [4.69, 9.17) is 4.74 Å². The Labute approximate surface area is 197 Å². The Balaban J connectivity index is 1.11. The average Bonchev–Trinajstić information content (AvgIpc) is 2.76. The zero-order valence-corrected chi connectivity index (χ0v) is 20.0. The summed E-state index contributed by atoms with van der Waals surface area (Å²) >= 11 is 0. The lowest BCUT2D eigenvalue weighted by atomic mass is 9.40. The maximum atomic E-state index is 13.2. The Morgan fingerprint density at radius 1 is 1.00 bits per heavy atom. The summed E-state index contributed by atoms with van der Waals surface area (Å²) in [5, 5.41) is 4.32. The van der Waals surface area contributed by atoms with Crippen molar-refractivity contribution in [3.63, 3.8) is 0 Å². The summed E-state index contributed by atoms with van der Waals surface area (Å²) in [4.78, 5) is 13.2. The van der Waals surface area contributed by atoms with E-state index in [-0.39, 0.29) is 11.3 Å². The molecule has 0 spiro atoms. The first-order valence-electron chi connectivity index (χ1n) is 12.5. The topological polar surface area (TPSA) is 50.7 Å². The van der Waals surface area contributed by atoms with Crippen molar-refractivity contribution in [3.8, 4) is 5.75 Å². The SMILES string of the molecule is CC12CC3CC(C)(C1)CC(C(=O)N/N=C/c1ccc(OCCCc4ccccc4)cc1)(C3)C2. The van der Waals surface area contributed by atoms with Crippen molar-refractivity contribution < 1.29 is 9.53 Å². The predicted molar refractivity (Wildman–Crippen MR) is 132 cm³/mol. The molecule has 4 fully saturated rings. The van der Waals surface area contributed by atoms with Crippen LogP contribution in [-0.4, -0.2) is 18.7 Å². The maximum Gasteiger partial charge on any atom is 0.246 e. The number of nitrogens with one attached hydrogen (secondary N) is 1.